The molecule has 204 valence electrons. The highest BCUT2D eigenvalue weighted by molar-refractivity contribution is 5.93. The van der Waals surface area contributed by atoms with Crippen LogP contribution < -0.4 is 4.90 Å². The fraction of sp³-hybridized carbons (Fsp3) is 0.577. The maximum absolute atomic E-state index is 14.2. The zero-order chi connectivity index (χ0) is 27.0. The maximum atomic E-state index is 14.2. The highest BCUT2D eigenvalue weighted by Crippen LogP contribution is 2.37. The van der Waals surface area contributed by atoms with Crippen molar-refractivity contribution in [2.24, 2.45) is 16.9 Å². The van der Waals surface area contributed by atoms with Gasteiger partial charge in [-0.25, -0.2) is 28.6 Å². The Morgan fingerprint density at radius 1 is 1.11 bits per heavy atom. The number of carbonyl (C=O) groups is 2. The molecule has 4 aliphatic rings. The number of hydrogen-bond acceptors (Lipinski definition) is 7. The number of hydrogen-bond donors (Lipinski definition) is 0. The van der Waals surface area contributed by atoms with Gasteiger partial charge in [0.15, 0.2) is 0 Å². The van der Waals surface area contributed by atoms with Crippen molar-refractivity contribution in [1.29, 1.82) is 0 Å². The number of likely N-dealkylation sites (tertiary alicyclic amines) is 1. The number of amides is 3. The normalized spacial score (nSPS) is 26.0. The Bertz CT molecular complexity index is 1160. The number of ether oxygens (including phenoxy) is 1. The number of rotatable bonds is 5. The molecule has 5 rings (SSSR count). The topological polar surface area (TPSA) is 94.5 Å². The summed E-state index contributed by atoms with van der Waals surface area (Å²) in [6.07, 6.45) is 6.09. The third-order valence-electron chi connectivity index (χ3n) is 7.44. The van der Waals surface area contributed by atoms with Crippen LogP contribution in [0.15, 0.2) is 41.2 Å². The Morgan fingerprint density at radius 3 is 2.55 bits per heavy atom. The van der Waals surface area contributed by atoms with Crippen molar-refractivity contribution in [2.45, 2.75) is 45.4 Å². The van der Waals surface area contributed by atoms with E-state index in [1.165, 1.54) is 11.1 Å². The largest absolute Gasteiger partial charge is 0.372 e. The molecule has 3 amide bonds. The number of aromatic nitrogens is 2. The van der Waals surface area contributed by atoms with E-state index in [2.05, 4.69) is 15.1 Å². The van der Waals surface area contributed by atoms with E-state index in [0.29, 0.717) is 57.3 Å². The highest BCUT2D eigenvalue weighted by Gasteiger charge is 2.40. The number of anilines is 1. The van der Waals surface area contributed by atoms with Crippen molar-refractivity contribution in [2.75, 3.05) is 44.2 Å². The van der Waals surface area contributed by atoms with Crippen molar-refractivity contribution in [3.63, 3.8) is 0 Å². The molecule has 3 atom stereocenters. The lowest BCUT2D eigenvalue weighted by Gasteiger charge is -2.40. The van der Waals surface area contributed by atoms with Crippen LogP contribution >= 0.6 is 0 Å². The first-order valence-electron chi connectivity index (χ1n) is 13.1. The van der Waals surface area contributed by atoms with Gasteiger partial charge >= 0.3 is 6.03 Å². The van der Waals surface area contributed by atoms with Crippen LogP contribution in [-0.4, -0.2) is 100 Å². The molecule has 38 heavy (non-hydrogen) atoms. The van der Waals surface area contributed by atoms with Gasteiger partial charge in [0.2, 0.25) is 5.95 Å². The average molecular weight is 530 g/mol. The van der Waals surface area contributed by atoms with Crippen LogP contribution in [-0.2, 0) is 4.74 Å². The average Bonchev–Trinajstić information content (AvgIpc) is 3.37. The molecule has 2 fully saturated rings. The van der Waals surface area contributed by atoms with Crippen molar-refractivity contribution in [1.82, 2.24) is 24.8 Å². The van der Waals surface area contributed by atoms with Crippen molar-refractivity contribution < 1.29 is 23.1 Å². The number of carbonyl (C=O) groups excluding carboxylic acids is 2. The van der Waals surface area contributed by atoms with Crippen LogP contribution in [0, 0.1) is 11.8 Å². The third-order valence-corrected chi connectivity index (χ3v) is 7.44. The molecule has 0 spiro atoms. The maximum Gasteiger partial charge on any atom is 0.340 e. The fourth-order valence-corrected chi connectivity index (χ4v) is 5.31. The molecule has 0 radical (unpaired) electrons. The Hall–Kier alpha value is -3.41. The quantitative estimate of drug-likeness (QED) is 0.582. The summed E-state index contributed by atoms with van der Waals surface area (Å²) in [4.78, 5) is 40.3. The van der Waals surface area contributed by atoms with Gasteiger partial charge in [0.1, 0.15) is 17.3 Å². The van der Waals surface area contributed by atoms with Gasteiger partial charge in [-0.15, -0.1) is 0 Å². The molecule has 2 unspecified atom stereocenters. The van der Waals surface area contributed by atoms with Crippen molar-refractivity contribution in [3.05, 3.63) is 41.8 Å². The van der Waals surface area contributed by atoms with Gasteiger partial charge in [-0.05, 0) is 26.0 Å². The Morgan fingerprint density at radius 2 is 1.84 bits per heavy atom. The first-order chi connectivity index (χ1) is 18.2. The number of piperazine rings is 1. The number of nitrogens with zero attached hydrogens (tertiary/aromatic N) is 7. The molecule has 4 heterocycles. The van der Waals surface area contributed by atoms with E-state index in [1.807, 2.05) is 18.7 Å². The second kappa shape index (κ2) is 10.8. The first-order valence-corrected chi connectivity index (χ1v) is 13.1. The highest BCUT2D eigenvalue weighted by atomic mass is 19.1. The first kappa shape index (κ1) is 26.2. The Kier molecular flexibility index (Phi) is 7.42. The van der Waals surface area contributed by atoms with Gasteiger partial charge < -0.3 is 19.4 Å². The van der Waals surface area contributed by atoms with Crippen LogP contribution in [0.5, 0.6) is 0 Å². The lowest BCUT2D eigenvalue weighted by Crippen LogP contribution is -2.55. The van der Waals surface area contributed by atoms with Crippen LogP contribution in [0.1, 0.15) is 37.7 Å². The monoisotopic (exact) mass is 529 g/mol. The van der Waals surface area contributed by atoms with E-state index in [-0.39, 0.29) is 24.1 Å². The Labute approximate surface area is 220 Å². The van der Waals surface area contributed by atoms with E-state index in [4.69, 9.17) is 4.74 Å². The predicted molar refractivity (Wildman–Crippen MR) is 137 cm³/mol. The SMILES string of the molecule is CC(C)OC1CN(C(=O)c2ccnc(N3CCN(C(=O)N4N=CC[C@H]4C4C=C(F)C=C(F)C4C)CC3)n2)C1. The summed E-state index contributed by atoms with van der Waals surface area (Å²) < 4.78 is 33.9. The summed E-state index contributed by atoms with van der Waals surface area (Å²) in [5.74, 6) is -1.91. The number of halogens is 2. The van der Waals surface area contributed by atoms with Crippen LogP contribution in [0.25, 0.3) is 0 Å². The molecule has 1 aromatic heterocycles. The molecule has 10 nitrogen and oxygen atoms in total. The van der Waals surface area contributed by atoms with Crippen molar-refractivity contribution in [3.8, 4) is 0 Å². The molecule has 2 saturated heterocycles. The smallest absolute Gasteiger partial charge is 0.340 e. The van der Waals surface area contributed by atoms with Crippen LogP contribution in [0.3, 0.4) is 0 Å². The summed E-state index contributed by atoms with van der Waals surface area (Å²) in [6, 6.07) is 0.869. The molecule has 1 aromatic rings. The van der Waals surface area contributed by atoms with Gasteiger partial charge in [0.05, 0.1) is 18.2 Å². The van der Waals surface area contributed by atoms with Gasteiger partial charge in [-0.1, -0.05) is 6.92 Å². The molecule has 0 aromatic carbocycles. The standard InChI is InChI=1S/C26H33F2N7O3/c1-16(2)38-19-14-34(15-19)24(36)22-4-6-29-25(31-22)32-8-10-33(11-9-32)26(37)35-23(5-7-30-35)20-12-18(27)13-21(28)17(20)3/h4,6-7,12-13,16-17,19-20,23H,5,8-11,14-15H2,1-3H3/t17?,20?,23-/m0/s1. The van der Waals surface area contributed by atoms with Crippen LogP contribution in [0.4, 0.5) is 19.5 Å². The van der Waals surface area contributed by atoms with E-state index in [0.717, 1.165) is 6.08 Å². The molecule has 12 heteroatoms. The molecule has 0 saturated carbocycles. The van der Waals surface area contributed by atoms with E-state index in [1.54, 1.807) is 35.2 Å². The van der Waals surface area contributed by atoms with Gasteiger partial charge in [0, 0.05) is 76.0 Å². The van der Waals surface area contributed by atoms with Crippen molar-refractivity contribution >= 4 is 24.1 Å². The van der Waals surface area contributed by atoms with E-state index >= 15 is 0 Å². The molecular formula is C26H33F2N7O3. The lowest BCUT2D eigenvalue weighted by atomic mass is 9.82. The minimum Gasteiger partial charge on any atom is -0.372 e. The molecular weight excluding hydrogens is 496 g/mol. The minimum atomic E-state index is -0.628. The number of urea groups is 1. The molecule has 1 aliphatic carbocycles. The second-order valence-electron chi connectivity index (χ2n) is 10.4. The second-order valence-corrected chi connectivity index (χ2v) is 10.4. The predicted octanol–water partition coefficient (Wildman–Crippen LogP) is 3.00. The number of allylic oxidation sites excluding steroid dienone is 3. The third kappa shape index (κ3) is 5.27. The lowest BCUT2D eigenvalue weighted by molar-refractivity contribution is -0.0685. The fourth-order valence-electron chi connectivity index (χ4n) is 5.31. The molecule has 0 N–H and O–H groups in total. The number of hydrazone groups is 1. The minimum absolute atomic E-state index is 0.0530. The summed E-state index contributed by atoms with van der Waals surface area (Å²) in [6.45, 7) is 8.48. The summed E-state index contributed by atoms with van der Waals surface area (Å²) in [5.41, 5.74) is 0.328. The molecule has 0 bridgehead atoms. The summed E-state index contributed by atoms with van der Waals surface area (Å²) >= 11 is 0. The van der Waals surface area contributed by atoms with Gasteiger partial charge in [-0.3, -0.25) is 4.79 Å². The summed E-state index contributed by atoms with van der Waals surface area (Å²) in [7, 11) is 0. The van der Waals surface area contributed by atoms with Gasteiger partial charge in [-0.2, -0.15) is 5.10 Å². The van der Waals surface area contributed by atoms with E-state index < -0.39 is 29.5 Å². The van der Waals surface area contributed by atoms with Crippen LogP contribution in [0.2, 0.25) is 0 Å². The molecule has 3 aliphatic heterocycles. The zero-order valence-electron chi connectivity index (χ0n) is 21.8. The zero-order valence-corrected chi connectivity index (χ0v) is 21.8. The van der Waals surface area contributed by atoms with E-state index in [9.17, 15) is 18.4 Å². The Balaban J connectivity index is 1.17. The summed E-state index contributed by atoms with van der Waals surface area (Å²) in [5, 5.41) is 5.60. The van der Waals surface area contributed by atoms with Gasteiger partial charge in [0.25, 0.3) is 5.91 Å².